The Labute approximate surface area is 173 Å². The van der Waals surface area contributed by atoms with Crippen molar-refractivity contribution in [2.45, 2.75) is 25.7 Å². The lowest BCUT2D eigenvalue weighted by Crippen LogP contribution is -2.27. The summed E-state index contributed by atoms with van der Waals surface area (Å²) < 4.78 is 17.0. The van der Waals surface area contributed by atoms with Crippen LogP contribution in [-0.4, -0.2) is 41.5 Å². The zero-order valence-corrected chi connectivity index (χ0v) is 17.4. The van der Waals surface area contributed by atoms with E-state index in [2.05, 4.69) is 51.8 Å². The van der Waals surface area contributed by atoms with Crippen molar-refractivity contribution in [3.05, 3.63) is 34.6 Å². The fourth-order valence-electron chi connectivity index (χ4n) is 2.57. The average Bonchev–Trinajstić information content (AvgIpc) is 3.14. The smallest absolute Gasteiger partial charge is 0.317 e. The van der Waals surface area contributed by atoms with Crippen LogP contribution in [0.5, 0.6) is 11.7 Å². The SMILES string of the molecule is CCOc1oc2ccc(OCN(CC)CC)cc2c(=O)c1/N=N/c1n[nH]cc1S. The molecule has 154 valence electrons. The predicted octanol–water partition coefficient (Wildman–Crippen LogP) is 4.30. The van der Waals surface area contributed by atoms with Crippen molar-refractivity contribution < 1.29 is 13.9 Å². The number of hydrogen-bond acceptors (Lipinski definition) is 9. The predicted molar refractivity (Wildman–Crippen MR) is 112 cm³/mol. The monoisotopic (exact) mass is 417 g/mol. The first-order valence-electron chi connectivity index (χ1n) is 9.30. The molecule has 1 aromatic carbocycles. The maximum absolute atomic E-state index is 13.1. The van der Waals surface area contributed by atoms with E-state index in [-0.39, 0.29) is 22.9 Å². The molecule has 3 rings (SSSR count). The average molecular weight is 417 g/mol. The van der Waals surface area contributed by atoms with Gasteiger partial charge in [-0.15, -0.1) is 22.9 Å². The normalized spacial score (nSPS) is 11.6. The third-order valence-electron chi connectivity index (χ3n) is 4.24. The molecule has 9 nitrogen and oxygen atoms in total. The second kappa shape index (κ2) is 9.57. The van der Waals surface area contributed by atoms with E-state index < -0.39 is 0 Å². The van der Waals surface area contributed by atoms with Crippen LogP contribution in [0, 0.1) is 0 Å². The van der Waals surface area contributed by atoms with Crippen LogP contribution in [0.1, 0.15) is 20.8 Å². The van der Waals surface area contributed by atoms with Crippen LogP contribution >= 0.6 is 12.6 Å². The number of H-pyrrole nitrogens is 1. The minimum atomic E-state index is -0.372. The molecule has 0 radical (unpaired) electrons. The molecule has 0 bridgehead atoms. The first kappa shape index (κ1) is 20.9. The van der Waals surface area contributed by atoms with Crippen molar-refractivity contribution >= 4 is 35.1 Å². The van der Waals surface area contributed by atoms with Crippen molar-refractivity contribution in [2.24, 2.45) is 10.2 Å². The summed E-state index contributed by atoms with van der Waals surface area (Å²) in [6.07, 6.45) is 1.56. The van der Waals surface area contributed by atoms with Gasteiger partial charge in [-0.3, -0.25) is 14.8 Å². The second-order valence-corrected chi connectivity index (χ2v) is 6.51. The molecular formula is C19H23N5O4S. The number of aromatic amines is 1. The van der Waals surface area contributed by atoms with Gasteiger partial charge in [0.25, 0.3) is 0 Å². The van der Waals surface area contributed by atoms with E-state index in [9.17, 15) is 4.79 Å². The molecule has 0 unspecified atom stereocenters. The van der Waals surface area contributed by atoms with Crippen LogP contribution < -0.4 is 14.9 Å². The molecule has 29 heavy (non-hydrogen) atoms. The van der Waals surface area contributed by atoms with Gasteiger partial charge >= 0.3 is 5.95 Å². The zero-order chi connectivity index (χ0) is 20.8. The molecule has 2 heterocycles. The highest BCUT2D eigenvalue weighted by molar-refractivity contribution is 7.80. The van der Waals surface area contributed by atoms with Crippen LogP contribution in [0.4, 0.5) is 11.5 Å². The van der Waals surface area contributed by atoms with Gasteiger partial charge in [0.1, 0.15) is 18.1 Å². The molecule has 0 fully saturated rings. The fraction of sp³-hybridized carbons (Fsp3) is 0.368. The Morgan fingerprint density at radius 2 is 2.00 bits per heavy atom. The minimum absolute atomic E-state index is 0.00168. The number of ether oxygens (including phenoxy) is 2. The third-order valence-corrected chi connectivity index (χ3v) is 4.57. The van der Waals surface area contributed by atoms with E-state index in [1.54, 1.807) is 31.3 Å². The number of rotatable bonds is 9. The van der Waals surface area contributed by atoms with Crippen LogP contribution in [-0.2, 0) is 0 Å². The lowest BCUT2D eigenvalue weighted by Gasteiger charge is -2.18. The molecule has 0 atom stereocenters. The van der Waals surface area contributed by atoms with E-state index in [1.807, 2.05) is 0 Å². The van der Waals surface area contributed by atoms with Crippen molar-refractivity contribution in [3.8, 4) is 11.7 Å². The lowest BCUT2D eigenvalue weighted by molar-refractivity contribution is 0.138. The second-order valence-electron chi connectivity index (χ2n) is 6.03. The Morgan fingerprint density at radius 1 is 1.21 bits per heavy atom. The molecule has 0 spiro atoms. The van der Waals surface area contributed by atoms with E-state index in [1.165, 1.54) is 0 Å². The van der Waals surface area contributed by atoms with Gasteiger partial charge in [0, 0.05) is 6.20 Å². The molecule has 0 aliphatic heterocycles. The van der Waals surface area contributed by atoms with Crippen molar-refractivity contribution in [3.63, 3.8) is 0 Å². The Kier molecular flexibility index (Phi) is 6.89. The first-order chi connectivity index (χ1) is 14.1. The summed E-state index contributed by atoms with van der Waals surface area (Å²) in [7, 11) is 0. The number of benzene rings is 1. The zero-order valence-electron chi connectivity index (χ0n) is 16.5. The molecule has 0 aliphatic rings. The molecule has 0 aliphatic carbocycles. The Bertz CT molecular complexity index is 1060. The topological polar surface area (TPSA) is 105 Å². The third kappa shape index (κ3) is 4.77. The summed E-state index contributed by atoms with van der Waals surface area (Å²) in [4.78, 5) is 15.7. The van der Waals surface area contributed by atoms with Gasteiger partial charge in [0.2, 0.25) is 16.9 Å². The van der Waals surface area contributed by atoms with Crippen LogP contribution in [0.25, 0.3) is 11.0 Å². The number of thiol groups is 1. The summed E-state index contributed by atoms with van der Waals surface area (Å²) in [6.45, 7) is 8.38. The van der Waals surface area contributed by atoms with Crippen molar-refractivity contribution in [1.82, 2.24) is 15.1 Å². The molecule has 0 saturated carbocycles. The molecule has 0 amide bonds. The van der Waals surface area contributed by atoms with Crippen LogP contribution in [0.2, 0.25) is 0 Å². The Hall–Kier alpha value is -2.85. The van der Waals surface area contributed by atoms with E-state index in [0.29, 0.717) is 35.0 Å². The number of aromatic nitrogens is 2. The molecular weight excluding hydrogens is 394 g/mol. The maximum Gasteiger partial charge on any atom is 0.317 e. The molecule has 0 saturated heterocycles. The molecule has 10 heteroatoms. The minimum Gasteiger partial charge on any atom is -0.478 e. The fourth-order valence-corrected chi connectivity index (χ4v) is 2.72. The summed E-state index contributed by atoms with van der Waals surface area (Å²) in [5, 5.41) is 14.9. The van der Waals surface area contributed by atoms with Gasteiger partial charge in [-0.1, -0.05) is 13.8 Å². The lowest BCUT2D eigenvalue weighted by atomic mass is 10.2. The van der Waals surface area contributed by atoms with E-state index >= 15 is 0 Å². The van der Waals surface area contributed by atoms with Gasteiger partial charge in [0.05, 0.1) is 16.9 Å². The number of hydrogen-bond donors (Lipinski definition) is 2. The highest BCUT2D eigenvalue weighted by Gasteiger charge is 2.17. The number of nitrogens with one attached hydrogen (secondary N) is 1. The summed E-state index contributed by atoms with van der Waals surface area (Å²) in [6, 6.07) is 5.07. The number of fused-ring (bicyclic) bond motifs is 1. The highest BCUT2D eigenvalue weighted by Crippen LogP contribution is 2.31. The number of azo groups is 1. The first-order valence-corrected chi connectivity index (χ1v) is 9.75. The van der Waals surface area contributed by atoms with Gasteiger partial charge in [-0.25, -0.2) is 0 Å². The van der Waals surface area contributed by atoms with E-state index in [4.69, 9.17) is 13.9 Å². The Balaban J connectivity index is 2.00. The summed E-state index contributed by atoms with van der Waals surface area (Å²) in [5.74, 6) is 0.821. The molecule has 3 aromatic rings. The summed E-state index contributed by atoms with van der Waals surface area (Å²) in [5.41, 5.74) is -0.0405. The largest absolute Gasteiger partial charge is 0.478 e. The van der Waals surface area contributed by atoms with Gasteiger partial charge in [0.15, 0.2) is 0 Å². The maximum atomic E-state index is 13.1. The Morgan fingerprint density at radius 3 is 2.66 bits per heavy atom. The summed E-state index contributed by atoms with van der Waals surface area (Å²) >= 11 is 4.22. The van der Waals surface area contributed by atoms with Crippen molar-refractivity contribution in [1.29, 1.82) is 0 Å². The van der Waals surface area contributed by atoms with Crippen LogP contribution in [0.15, 0.2) is 48.7 Å². The highest BCUT2D eigenvalue weighted by atomic mass is 32.1. The van der Waals surface area contributed by atoms with Gasteiger partial charge in [-0.2, -0.15) is 5.10 Å². The number of nitrogens with zero attached hydrogens (tertiary/aromatic N) is 4. The van der Waals surface area contributed by atoms with E-state index in [0.717, 1.165) is 13.1 Å². The van der Waals surface area contributed by atoms with Crippen molar-refractivity contribution in [2.75, 3.05) is 26.4 Å². The molecule has 1 N–H and O–H groups in total. The molecule has 2 aromatic heterocycles. The quantitative estimate of drug-likeness (QED) is 0.306. The standard InChI is InChI=1S/C19H23N5O4S/c1-4-24(5-2)11-27-12-7-8-14-13(9-12)17(25)16(19(28-14)26-6-3)21-23-18-15(29)10-20-22-18/h7-10,29H,4-6,11H2,1-3H3,(H,20,22)/b23-21+. The van der Waals surface area contributed by atoms with Gasteiger partial charge in [-0.05, 0) is 38.2 Å². The van der Waals surface area contributed by atoms with Crippen LogP contribution in [0.3, 0.4) is 0 Å². The van der Waals surface area contributed by atoms with Gasteiger partial charge < -0.3 is 13.9 Å².